The number of benzene rings is 1. The van der Waals surface area contributed by atoms with Crippen LogP contribution in [0.1, 0.15) is 24.2 Å². The molecule has 1 aromatic heterocycles. The van der Waals surface area contributed by atoms with Crippen LogP contribution in [0.15, 0.2) is 41.0 Å². The number of likely N-dealkylation sites (N-methyl/N-ethyl adjacent to an activating group) is 1. The fourth-order valence-corrected chi connectivity index (χ4v) is 2.87. The third-order valence-electron chi connectivity index (χ3n) is 3.04. The van der Waals surface area contributed by atoms with Crippen molar-refractivity contribution in [3.63, 3.8) is 0 Å². The van der Waals surface area contributed by atoms with Crippen LogP contribution in [-0.2, 0) is 6.42 Å². The summed E-state index contributed by atoms with van der Waals surface area (Å²) < 4.78 is 14.8. The predicted molar refractivity (Wildman–Crippen MR) is 83.5 cm³/mol. The summed E-state index contributed by atoms with van der Waals surface area (Å²) in [6.45, 7) is 2.77. The van der Waals surface area contributed by atoms with E-state index in [4.69, 9.17) is 11.6 Å². The Morgan fingerprint density at radius 1 is 1.35 bits per heavy atom. The van der Waals surface area contributed by atoms with Crippen molar-refractivity contribution >= 4 is 27.5 Å². The maximum absolute atomic E-state index is 13.9. The third kappa shape index (κ3) is 3.57. The monoisotopic (exact) mass is 356 g/mol. The second kappa shape index (κ2) is 7.16. The zero-order valence-corrected chi connectivity index (χ0v) is 13.4. The first-order valence-corrected chi connectivity index (χ1v) is 7.57. The molecular weight excluding hydrogens is 343 g/mol. The molecule has 2 rings (SSSR count). The minimum atomic E-state index is -0.285. The molecule has 1 atom stereocenters. The summed E-state index contributed by atoms with van der Waals surface area (Å²) >= 11 is 9.59. The summed E-state index contributed by atoms with van der Waals surface area (Å²) in [4.78, 5) is 4.38. The van der Waals surface area contributed by atoms with E-state index >= 15 is 0 Å². The van der Waals surface area contributed by atoms with E-state index in [1.807, 2.05) is 19.1 Å². The molecule has 0 bridgehead atoms. The Labute approximate surface area is 131 Å². The molecule has 1 unspecified atom stereocenters. The average Bonchev–Trinajstić information content (AvgIpc) is 2.43. The van der Waals surface area contributed by atoms with E-state index in [2.05, 4.69) is 26.2 Å². The molecule has 0 aliphatic rings. The van der Waals surface area contributed by atoms with Crippen LogP contribution in [0.3, 0.4) is 0 Å². The molecule has 2 aromatic rings. The number of halogens is 3. The molecule has 5 heteroatoms. The van der Waals surface area contributed by atoms with Gasteiger partial charge in [0.05, 0.1) is 11.7 Å². The summed E-state index contributed by atoms with van der Waals surface area (Å²) in [5.41, 5.74) is 1.37. The van der Waals surface area contributed by atoms with Crippen LogP contribution in [-0.4, -0.2) is 11.5 Å². The van der Waals surface area contributed by atoms with Gasteiger partial charge < -0.3 is 5.32 Å². The fourth-order valence-electron chi connectivity index (χ4n) is 2.10. The van der Waals surface area contributed by atoms with Crippen molar-refractivity contribution in [2.75, 3.05) is 6.54 Å². The summed E-state index contributed by atoms with van der Waals surface area (Å²) in [5.74, 6) is -0.285. The lowest BCUT2D eigenvalue weighted by molar-refractivity contribution is 0.516. The van der Waals surface area contributed by atoms with Crippen LogP contribution in [0.25, 0.3) is 0 Å². The van der Waals surface area contributed by atoms with E-state index in [1.54, 1.807) is 18.3 Å². The molecule has 106 valence electrons. The number of hydrogen-bond donors (Lipinski definition) is 1. The molecule has 0 radical (unpaired) electrons. The molecule has 0 saturated heterocycles. The first-order valence-electron chi connectivity index (χ1n) is 6.40. The van der Waals surface area contributed by atoms with Crippen molar-refractivity contribution in [2.45, 2.75) is 19.4 Å². The van der Waals surface area contributed by atoms with Crippen LogP contribution in [0.4, 0.5) is 4.39 Å². The maximum atomic E-state index is 13.9. The van der Waals surface area contributed by atoms with E-state index in [1.165, 1.54) is 6.07 Å². The molecular formula is C15H15BrClFN2. The van der Waals surface area contributed by atoms with E-state index < -0.39 is 0 Å². The van der Waals surface area contributed by atoms with E-state index in [0.29, 0.717) is 17.0 Å². The first-order chi connectivity index (χ1) is 9.63. The summed E-state index contributed by atoms with van der Waals surface area (Å²) in [5, 5.41) is 3.77. The molecule has 0 aliphatic heterocycles. The Morgan fingerprint density at radius 2 is 2.15 bits per heavy atom. The number of nitrogens with zero attached hydrogens (tertiary/aromatic N) is 1. The first kappa shape index (κ1) is 15.4. The normalized spacial score (nSPS) is 12.4. The van der Waals surface area contributed by atoms with E-state index in [9.17, 15) is 4.39 Å². The largest absolute Gasteiger partial charge is 0.309 e. The number of rotatable bonds is 5. The minimum Gasteiger partial charge on any atom is -0.309 e. The van der Waals surface area contributed by atoms with Gasteiger partial charge in [0.25, 0.3) is 0 Å². The Bertz CT molecular complexity index is 572. The molecule has 0 aliphatic carbocycles. The quantitative estimate of drug-likeness (QED) is 0.850. The number of nitrogens with one attached hydrogen (secondary N) is 1. The molecule has 0 spiro atoms. The van der Waals surface area contributed by atoms with Gasteiger partial charge in [-0.2, -0.15) is 0 Å². The topological polar surface area (TPSA) is 24.9 Å². The van der Waals surface area contributed by atoms with Gasteiger partial charge in [0.2, 0.25) is 0 Å². The molecule has 0 saturated carbocycles. The van der Waals surface area contributed by atoms with Gasteiger partial charge in [-0.05, 0) is 53.2 Å². The maximum Gasteiger partial charge on any atom is 0.127 e. The highest BCUT2D eigenvalue weighted by Crippen LogP contribution is 2.28. The molecule has 0 fully saturated rings. The molecule has 20 heavy (non-hydrogen) atoms. The molecule has 2 nitrogen and oxygen atoms in total. The summed E-state index contributed by atoms with van der Waals surface area (Å²) in [6, 6.07) is 8.43. The van der Waals surface area contributed by atoms with Gasteiger partial charge in [0, 0.05) is 21.3 Å². The van der Waals surface area contributed by atoms with Gasteiger partial charge in [-0.3, -0.25) is 4.98 Å². The number of hydrogen-bond acceptors (Lipinski definition) is 2. The van der Waals surface area contributed by atoms with Crippen molar-refractivity contribution in [3.8, 4) is 0 Å². The zero-order chi connectivity index (χ0) is 14.5. The molecule has 0 amide bonds. The predicted octanol–water partition coefficient (Wildman–Crippen LogP) is 4.53. The third-order valence-corrected chi connectivity index (χ3v) is 4.06. The van der Waals surface area contributed by atoms with Gasteiger partial charge in [-0.15, -0.1) is 0 Å². The standard InChI is InChI=1S/C15H15BrClFN2/c1-2-19-14(15-11(16)5-4-8-20-15)9-10-12(17)6-3-7-13(10)18/h3-8,14,19H,2,9H2,1H3. The van der Waals surface area contributed by atoms with Crippen LogP contribution in [0, 0.1) is 5.82 Å². The second-order valence-electron chi connectivity index (χ2n) is 4.39. The van der Waals surface area contributed by atoms with Gasteiger partial charge in [0.1, 0.15) is 5.82 Å². The lowest BCUT2D eigenvalue weighted by atomic mass is 10.0. The van der Waals surface area contributed by atoms with Crippen molar-refractivity contribution in [1.29, 1.82) is 0 Å². The Hall–Kier alpha value is -0.970. The van der Waals surface area contributed by atoms with E-state index in [0.717, 1.165) is 16.7 Å². The Morgan fingerprint density at radius 3 is 2.80 bits per heavy atom. The van der Waals surface area contributed by atoms with Gasteiger partial charge in [-0.1, -0.05) is 24.6 Å². The van der Waals surface area contributed by atoms with Crippen LogP contribution >= 0.6 is 27.5 Å². The van der Waals surface area contributed by atoms with Crippen molar-refractivity contribution in [2.24, 2.45) is 0 Å². The smallest absolute Gasteiger partial charge is 0.127 e. The van der Waals surface area contributed by atoms with Crippen molar-refractivity contribution in [3.05, 3.63) is 63.1 Å². The number of aromatic nitrogens is 1. The summed E-state index contributed by atoms with van der Waals surface area (Å²) in [7, 11) is 0. The highest BCUT2D eigenvalue weighted by Gasteiger charge is 2.19. The van der Waals surface area contributed by atoms with E-state index in [-0.39, 0.29) is 11.9 Å². The minimum absolute atomic E-state index is 0.0926. The van der Waals surface area contributed by atoms with Gasteiger partial charge in [0.15, 0.2) is 0 Å². The molecule has 1 heterocycles. The number of pyridine rings is 1. The SMILES string of the molecule is CCNC(Cc1c(F)cccc1Cl)c1ncccc1Br. The molecule has 1 aromatic carbocycles. The molecule has 1 N–H and O–H groups in total. The van der Waals surface area contributed by atoms with Crippen LogP contribution in [0.2, 0.25) is 5.02 Å². The van der Waals surface area contributed by atoms with Crippen molar-refractivity contribution < 1.29 is 4.39 Å². The second-order valence-corrected chi connectivity index (χ2v) is 5.65. The average molecular weight is 358 g/mol. The summed E-state index contributed by atoms with van der Waals surface area (Å²) in [6.07, 6.45) is 2.18. The van der Waals surface area contributed by atoms with Crippen molar-refractivity contribution in [1.82, 2.24) is 10.3 Å². The zero-order valence-electron chi connectivity index (χ0n) is 11.0. The highest BCUT2D eigenvalue weighted by atomic mass is 79.9. The van der Waals surface area contributed by atoms with Gasteiger partial charge >= 0.3 is 0 Å². The highest BCUT2D eigenvalue weighted by molar-refractivity contribution is 9.10. The fraction of sp³-hybridized carbons (Fsp3) is 0.267. The lowest BCUT2D eigenvalue weighted by Gasteiger charge is -2.19. The lowest BCUT2D eigenvalue weighted by Crippen LogP contribution is -2.24. The van der Waals surface area contributed by atoms with Crippen LogP contribution < -0.4 is 5.32 Å². The van der Waals surface area contributed by atoms with Gasteiger partial charge in [-0.25, -0.2) is 4.39 Å². The Balaban J connectivity index is 2.33. The Kier molecular flexibility index (Phi) is 5.52. The van der Waals surface area contributed by atoms with Crippen LogP contribution in [0.5, 0.6) is 0 Å².